The van der Waals surface area contributed by atoms with E-state index in [0.29, 0.717) is 0 Å². The highest BCUT2D eigenvalue weighted by molar-refractivity contribution is 6.32. The molecule has 8 aromatic rings. The lowest BCUT2D eigenvalue weighted by molar-refractivity contribution is 1.36. The molecule has 0 unspecified atom stereocenters. The van der Waals surface area contributed by atoms with Gasteiger partial charge in [0.15, 0.2) is 0 Å². The predicted octanol–water partition coefficient (Wildman–Crippen LogP) is 8.14. The molecule has 3 heterocycles. The van der Waals surface area contributed by atoms with Crippen molar-refractivity contribution in [1.29, 1.82) is 0 Å². The number of aromatic amines is 1. The second kappa shape index (κ2) is 5.68. The minimum absolute atomic E-state index is 1.19. The standard InChI is InChI=1S/C30H18N2/c1-2-8-18(9-3-1)19-16-17-21-20-11-6-12-23-28(20)29-24(31-23)13-7-15-26(29)32-25-14-5-4-10-22(25)27(19)30(21)32/h1-17,31H. The molecule has 0 atom stereocenters. The molecule has 8 rings (SSSR count). The van der Waals surface area contributed by atoms with Crippen LogP contribution in [0.3, 0.4) is 0 Å². The summed E-state index contributed by atoms with van der Waals surface area (Å²) in [5, 5.41) is 7.84. The molecule has 0 aliphatic rings. The Balaban J connectivity index is 1.81. The van der Waals surface area contributed by atoms with Gasteiger partial charge >= 0.3 is 0 Å². The SMILES string of the molecule is c1ccc(-c2ccc3c4cccc5[nH]c6cccc(c6c54)n4c5ccccc5c2c34)cc1. The van der Waals surface area contributed by atoms with Gasteiger partial charge in [-0.2, -0.15) is 0 Å². The maximum atomic E-state index is 3.65. The first-order valence-electron chi connectivity index (χ1n) is 11.1. The van der Waals surface area contributed by atoms with E-state index in [1.54, 1.807) is 0 Å². The number of aromatic nitrogens is 2. The van der Waals surface area contributed by atoms with Crippen LogP contribution in [0.4, 0.5) is 0 Å². The second-order valence-electron chi connectivity index (χ2n) is 8.66. The zero-order valence-electron chi connectivity index (χ0n) is 17.3. The fourth-order valence-electron chi connectivity index (χ4n) is 5.81. The van der Waals surface area contributed by atoms with Crippen LogP contribution in [0, 0.1) is 0 Å². The number of hydrogen-bond acceptors (Lipinski definition) is 0. The van der Waals surface area contributed by atoms with Crippen LogP contribution in [0.1, 0.15) is 0 Å². The fourth-order valence-corrected chi connectivity index (χ4v) is 5.81. The van der Waals surface area contributed by atoms with Crippen LogP contribution in [0.15, 0.2) is 103 Å². The van der Waals surface area contributed by atoms with Crippen LogP contribution in [0.5, 0.6) is 0 Å². The molecule has 148 valence electrons. The van der Waals surface area contributed by atoms with Crippen molar-refractivity contribution in [2.45, 2.75) is 0 Å². The van der Waals surface area contributed by atoms with Crippen molar-refractivity contribution in [2.24, 2.45) is 0 Å². The summed E-state index contributed by atoms with van der Waals surface area (Å²) in [4.78, 5) is 3.65. The van der Waals surface area contributed by atoms with Gasteiger partial charge in [0.25, 0.3) is 0 Å². The summed E-state index contributed by atoms with van der Waals surface area (Å²) in [6.45, 7) is 0. The highest BCUT2D eigenvalue weighted by Gasteiger charge is 2.20. The van der Waals surface area contributed by atoms with Gasteiger partial charge in [-0.3, -0.25) is 0 Å². The van der Waals surface area contributed by atoms with E-state index >= 15 is 0 Å². The highest BCUT2D eigenvalue weighted by atomic mass is 14.9. The average molecular weight is 406 g/mol. The molecule has 0 spiro atoms. The first-order valence-corrected chi connectivity index (χ1v) is 11.1. The average Bonchev–Trinajstić information content (AvgIpc) is 3.36. The van der Waals surface area contributed by atoms with Crippen molar-refractivity contribution in [2.75, 3.05) is 0 Å². The molecule has 5 aromatic carbocycles. The minimum Gasteiger partial charge on any atom is -0.354 e. The van der Waals surface area contributed by atoms with Crippen molar-refractivity contribution < 1.29 is 0 Å². The van der Waals surface area contributed by atoms with Gasteiger partial charge in [0.2, 0.25) is 0 Å². The smallest absolute Gasteiger partial charge is 0.0626 e. The molecule has 0 saturated heterocycles. The summed E-state index contributed by atoms with van der Waals surface area (Å²) in [5.41, 5.74) is 8.71. The zero-order valence-corrected chi connectivity index (χ0v) is 17.3. The van der Waals surface area contributed by atoms with Gasteiger partial charge < -0.3 is 9.38 Å². The molecule has 0 amide bonds. The van der Waals surface area contributed by atoms with Crippen molar-refractivity contribution >= 4 is 59.9 Å². The predicted molar refractivity (Wildman–Crippen MR) is 136 cm³/mol. The summed E-state index contributed by atoms with van der Waals surface area (Å²) >= 11 is 0. The lowest BCUT2D eigenvalue weighted by atomic mass is 9.96. The lowest BCUT2D eigenvalue weighted by Gasteiger charge is -2.07. The molecule has 0 fully saturated rings. The van der Waals surface area contributed by atoms with E-state index in [4.69, 9.17) is 0 Å². The molecule has 3 aromatic heterocycles. The molecule has 0 saturated carbocycles. The van der Waals surface area contributed by atoms with Gasteiger partial charge in [-0.15, -0.1) is 0 Å². The van der Waals surface area contributed by atoms with Gasteiger partial charge in [0.05, 0.1) is 16.6 Å². The van der Waals surface area contributed by atoms with E-state index in [9.17, 15) is 0 Å². The van der Waals surface area contributed by atoms with Gasteiger partial charge in [0.1, 0.15) is 0 Å². The van der Waals surface area contributed by atoms with Crippen molar-refractivity contribution in [3.05, 3.63) is 103 Å². The molecule has 1 N–H and O–H groups in total. The molecule has 0 aliphatic carbocycles. The number of para-hydroxylation sites is 1. The molecule has 32 heavy (non-hydrogen) atoms. The summed E-state index contributed by atoms with van der Waals surface area (Å²) in [7, 11) is 0. The molecule has 0 aliphatic heterocycles. The Hall–Kier alpha value is -4.30. The zero-order chi connectivity index (χ0) is 20.8. The number of benzene rings is 5. The largest absolute Gasteiger partial charge is 0.354 e. The van der Waals surface area contributed by atoms with Crippen LogP contribution in [0.2, 0.25) is 0 Å². The normalized spacial score (nSPS) is 12.4. The van der Waals surface area contributed by atoms with Crippen LogP contribution in [-0.4, -0.2) is 9.38 Å². The van der Waals surface area contributed by atoms with Crippen LogP contribution in [-0.2, 0) is 0 Å². The Labute approximate surface area is 183 Å². The quantitative estimate of drug-likeness (QED) is 0.284. The number of hydrogen-bond donors (Lipinski definition) is 1. The van der Waals surface area contributed by atoms with Crippen molar-refractivity contribution in [1.82, 2.24) is 9.38 Å². The molecule has 2 nitrogen and oxygen atoms in total. The number of fused-ring (bicyclic) bond motifs is 5. The van der Waals surface area contributed by atoms with Crippen molar-refractivity contribution in [3.8, 4) is 11.1 Å². The van der Waals surface area contributed by atoms with E-state index in [2.05, 4.69) is 113 Å². The molecule has 0 bridgehead atoms. The number of rotatable bonds is 1. The first kappa shape index (κ1) is 16.4. The third kappa shape index (κ3) is 1.86. The first-order chi connectivity index (χ1) is 15.9. The summed E-state index contributed by atoms with van der Waals surface area (Å²) < 4.78 is 2.49. The Morgan fingerprint density at radius 3 is 2.09 bits per heavy atom. The van der Waals surface area contributed by atoms with Gasteiger partial charge in [-0.25, -0.2) is 0 Å². The second-order valence-corrected chi connectivity index (χ2v) is 8.66. The van der Waals surface area contributed by atoms with Gasteiger partial charge in [-0.05, 0) is 40.8 Å². The Kier molecular flexibility index (Phi) is 2.91. The monoisotopic (exact) mass is 406 g/mol. The Morgan fingerprint density at radius 1 is 0.469 bits per heavy atom. The van der Waals surface area contributed by atoms with E-state index in [1.807, 2.05) is 0 Å². The molecular formula is C30H18N2. The summed E-state index contributed by atoms with van der Waals surface area (Å²) in [6.07, 6.45) is 0. The van der Waals surface area contributed by atoms with Crippen molar-refractivity contribution in [3.63, 3.8) is 0 Å². The molecule has 2 heteroatoms. The summed E-state index contributed by atoms with van der Waals surface area (Å²) in [6, 6.07) is 37.5. The maximum Gasteiger partial charge on any atom is 0.0626 e. The van der Waals surface area contributed by atoms with E-state index in [0.717, 1.165) is 0 Å². The Bertz CT molecular complexity index is 1970. The maximum absolute atomic E-state index is 3.65. The van der Waals surface area contributed by atoms with E-state index < -0.39 is 0 Å². The van der Waals surface area contributed by atoms with E-state index in [-0.39, 0.29) is 0 Å². The molecular weight excluding hydrogens is 388 g/mol. The van der Waals surface area contributed by atoms with Gasteiger partial charge in [0, 0.05) is 38.0 Å². The minimum atomic E-state index is 1.19. The van der Waals surface area contributed by atoms with Crippen LogP contribution in [0.25, 0.3) is 71.0 Å². The number of nitrogens with zero attached hydrogens (tertiary/aromatic N) is 1. The fraction of sp³-hybridized carbons (Fsp3) is 0. The highest BCUT2D eigenvalue weighted by Crippen LogP contribution is 2.44. The third-order valence-electron chi connectivity index (χ3n) is 7.06. The number of nitrogens with one attached hydrogen (secondary N) is 1. The lowest BCUT2D eigenvalue weighted by Crippen LogP contribution is -1.86. The Morgan fingerprint density at radius 2 is 1.19 bits per heavy atom. The van der Waals surface area contributed by atoms with Crippen LogP contribution < -0.4 is 0 Å². The number of H-pyrrole nitrogens is 1. The molecule has 0 radical (unpaired) electrons. The topological polar surface area (TPSA) is 20.2 Å². The van der Waals surface area contributed by atoms with Crippen LogP contribution >= 0.6 is 0 Å². The third-order valence-corrected chi connectivity index (χ3v) is 7.06. The van der Waals surface area contributed by atoms with Gasteiger partial charge in [-0.1, -0.05) is 78.9 Å². The van der Waals surface area contributed by atoms with E-state index in [1.165, 1.54) is 71.0 Å². The summed E-state index contributed by atoms with van der Waals surface area (Å²) in [5.74, 6) is 0.